The number of benzene rings is 1. The fourth-order valence-electron chi connectivity index (χ4n) is 3.13. The molecule has 1 aliphatic heterocycles. The molecule has 1 N–H and O–H groups in total. The number of ether oxygens (including phenoxy) is 3. The number of anilines is 1. The molecule has 0 unspecified atom stereocenters. The number of carbonyl (C=O) groups is 1. The maximum absolute atomic E-state index is 12.8. The molecule has 0 radical (unpaired) electrons. The largest absolute Gasteiger partial charge is 0.472 e. The summed E-state index contributed by atoms with van der Waals surface area (Å²) in [4.78, 5) is 21.3. The van der Waals surface area contributed by atoms with Crippen LogP contribution in [0.3, 0.4) is 0 Å². The molecule has 2 aromatic heterocycles. The normalized spacial score (nSPS) is 14.8. The number of thiazole rings is 1. The van der Waals surface area contributed by atoms with Crippen molar-refractivity contribution < 1.29 is 27.4 Å². The van der Waals surface area contributed by atoms with Gasteiger partial charge in [-0.05, 0) is 37.6 Å². The molecule has 1 saturated heterocycles. The van der Waals surface area contributed by atoms with Gasteiger partial charge in [0.05, 0.1) is 17.1 Å². The van der Waals surface area contributed by atoms with Crippen LogP contribution in [0.5, 0.6) is 17.5 Å². The van der Waals surface area contributed by atoms with Crippen LogP contribution in [-0.2, 0) is 14.8 Å². The van der Waals surface area contributed by atoms with Crippen molar-refractivity contribution in [2.45, 2.75) is 24.3 Å². The topological polar surface area (TPSA) is 120 Å². The zero-order valence-electron chi connectivity index (χ0n) is 18.6. The van der Waals surface area contributed by atoms with Gasteiger partial charge in [0.15, 0.2) is 5.13 Å². The van der Waals surface area contributed by atoms with Crippen LogP contribution in [0.25, 0.3) is 0 Å². The van der Waals surface area contributed by atoms with Gasteiger partial charge in [-0.25, -0.2) is 13.4 Å². The summed E-state index contributed by atoms with van der Waals surface area (Å²) in [5.41, 5.74) is 0.261. The number of hydrogen-bond acceptors (Lipinski definition) is 9. The van der Waals surface area contributed by atoms with Crippen molar-refractivity contribution in [1.29, 1.82) is 0 Å². The van der Waals surface area contributed by atoms with Crippen molar-refractivity contribution in [1.82, 2.24) is 14.3 Å². The smallest absolute Gasteiger partial charge is 0.257 e. The SMILES string of the molecule is COC[C@@H](C)Oc1cc(C(=O)Nc2nccs2)cc(Oc2ccc(S(=O)(=O)N3CCC3)cc2)n1. The van der Waals surface area contributed by atoms with E-state index in [0.717, 1.165) is 6.42 Å². The Kier molecular flexibility index (Phi) is 7.41. The second-order valence-corrected chi connectivity index (χ2v) is 10.4. The van der Waals surface area contributed by atoms with Gasteiger partial charge >= 0.3 is 0 Å². The van der Waals surface area contributed by atoms with E-state index >= 15 is 0 Å². The van der Waals surface area contributed by atoms with Crippen molar-refractivity contribution in [3.63, 3.8) is 0 Å². The zero-order chi connectivity index (χ0) is 24.1. The average molecular weight is 505 g/mol. The van der Waals surface area contributed by atoms with Crippen LogP contribution >= 0.6 is 11.3 Å². The van der Waals surface area contributed by atoms with Gasteiger partial charge in [0.25, 0.3) is 5.91 Å². The highest BCUT2D eigenvalue weighted by Crippen LogP contribution is 2.28. The Balaban J connectivity index is 1.56. The van der Waals surface area contributed by atoms with Crippen LogP contribution in [0.4, 0.5) is 5.13 Å². The lowest BCUT2D eigenvalue weighted by molar-refractivity contribution is 0.0882. The number of nitrogens with one attached hydrogen (secondary N) is 1. The summed E-state index contributed by atoms with van der Waals surface area (Å²) in [5, 5.41) is 4.92. The summed E-state index contributed by atoms with van der Waals surface area (Å²) >= 11 is 1.29. The first-order chi connectivity index (χ1) is 16.3. The molecule has 3 aromatic rings. The number of methoxy groups -OCH3 is 1. The fraction of sp³-hybridized carbons (Fsp3) is 0.318. The maximum Gasteiger partial charge on any atom is 0.257 e. The van der Waals surface area contributed by atoms with E-state index in [2.05, 4.69) is 15.3 Å². The fourth-order valence-corrected chi connectivity index (χ4v) is 5.17. The molecule has 180 valence electrons. The summed E-state index contributed by atoms with van der Waals surface area (Å²) < 4.78 is 43.2. The highest BCUT2D eigenvalue weighted by Gasteiger charge is 2.29. The highest BCUT2D eigenvalue weighted by molar-refractivity contribution is 7.89. The van der Waals surface area contributed by atoms with Gasteiger partial charge in [-0.3, -0.25) is 10.1 Å². The lowest BCUT2D eigenvalue weighted by Gasteiger charge is -2.29. The number of amides is 1. The standard InChI is InChI=1S/C22H24N4O6S2/c1-15(14-30-2)31-19-12-16(21(27)25-22-23-8-11-33-22)13-20(24-19)32-17-4-6-18(7-5-17)34(28,29)26-9-3-10-26/h4-8,11-13,15H,3,9-10,14H2,1-2H3,(H,23,25,27)/t15-/m1/s1. The van der Waals surface area contributed by atoms with Crippen LogP contribution in [0.15, 0.2) is 52.9 Å². The molecule has 34 heavy (non-hydrogen) atoms. The summed E-state index contributed by atoms with van der Waals surface area (Å²) in [6.07, 6.45) is 2.15. The maximum atomic E-state index is 12.8. The molecule has 1 aromatic carbocycles. The Morgan fingerprint density at radius 3 is 2.56 bits per heavy atom. The molecule has 3 heterocycles. The lowest BCUT2D eigenvalue weighted by atomic mass is 10.2. The summed E-state index contributed by atoms with van der Waals surface area (Å²) in [7, 11) is -1.93. The van der Waals surface area contributed by atoms with E-state index in [-0.39, 0.29) is 28.3 Å². The van der Waals surface area contributed by atoms with E-state index in [1.165, 1.54) is 39.9 Å². The van der Waals surface area contributed by atoms with E-state index in [1.807, 2.05) is 6.92 Å². The van der Waals surface area contributed by atoms with E-state index in [1.54, 1.807) is 30.8 Å². The minimum Gasteiger partial charge on any atom is -0.472 e. The summed E-state index contributed by atoms with van der Waals surface area (Å²) in [6.45, 7) is 3.21. The number of carbonyl (C=O) groups excluding carboxylic acids is 1. The Labute approximate surface area is 201 Å². The molecule has 0 bridgehead atoms. The number of hydrogen-bond donors (Lipinski definition) is 1. The van der Waals surface area contributed by atoms with Crippen molar-refractivity contribution in [3.05, 3.63) is 53.5 Å². The first kappa shape index (κ1) is 24.1. The third kappa shape index (κ3) is 5.70. The van der Waals surface area contributed by atoms with Crippen LogP contribution in [0.2, 0.25) is 0 Å². The molecule has 0 spiro atoms. The van der Waals surface area contributed by atoms with Crippen molar-refractivity contribution in [2.75, 3.05) is 32.1 Å². The summed E-state index contributed by atoms with van der Waals surface area (Å²) in [5.74, 6) is 0.263. The number of sulfonamides is 1. The summed E-state index contributed by atoms with van der Waals surface area (Å²) in [6, 6.07) is 9.04. The average Bonchev–Trinajstić information content (AvgIpc) is 3.25. The monoisotopic (exact) mass is 504 g/mol. The van der Waals surface area contributed by atoms with Crippen LogP contribution in [-0.4, -0.2) is 61.5 Å². The minimum atomic E-state index is -3.49. The predicted octanol–water partition coefficient (Wildman–Crippen LogP) is 3.39. The quantitative estimate of drug-likeness (QED) is 0.446. The van der Waals surface area contributed by atoms with Gasteiger partial charge < -0.3 is 14.2 Å². The molecule has 1 fully saturated rings. The number of rotatable bonds is 10. The predicted molar refractivity (Wildman–Crippen MR) is 126 cm³/mol. The molecule has 4 rings (SSSR count). The lowest BCUT2D eigenvalue weighted by Crippen LogP contribution is -2.41. The van der Waals surface area contributed by atoms with Gasteiger partial charge in [0.1, 0.15) is 11.9 Å². The van der Waals surface area contributed by atoms with Crippen LogP contribution < -0.4 is 14.8 Å². The van der Waals surface area contributed by atoms with E-state index in [9.17, 15) is 13.2 Å². The van der Waals surface area contributed by atoms with E-state index < -0.39 is 15.9 Å². The second-order valence-electron chi connectivity index (χ2n) is 7.54. The van der Waals surface area contributed by atoms with Gasteiger partial charge in [0.2, 0.25) is 21.8 Å². The minimum absolute atomic E-state index is 0.116. The number of pyridine rings is 1. The highest BCUT2D eigenvalue weighted by atomic mass is 32.2. The molecule has 12 heteroatoms. The molecule has 0 saturated carbocycles. The number of aromatic nitrogens is 2. The third-order valence-corrected chi connectivity index (χ3v) is 7.52. The van der Waals surface area contributed by atoms with E-state index in [4.69, 9.17) is 14.2 Å². The molecule has 10 nitrogen and oxygen atoms in total. The second kappa shape index (κ2) is 10.5. The molecular weight excluding hydrogens is 480 g/mol. The van der Waals surface area contributed by atoms with Gasteiger partial charge in [-0.15, -0.1) is 11.3 Å². The van der Waals surface area contributed by atoms with Crippen LogP contribution in [0, 0.1) is 0 Å². The Hall–Kier alpha value is -3.06. The van der Waals surface area contributed by atoms with Crippen molar-refractivity contribution in [3.8, 4) is 17.5 Å². The van der Waals surface area contributed by atoms with Crippen molar-refractivity contribution >= 4 is 32.4 Å². The molecule has 1 atom stereocenters. The van der Waals surface area contributed by atoms with Gasteiger partial charge in [-0.2, -0.15) is 9.29 Å². The van der Waals surface area contributed by atoms with Gasteiger partial charge in [0, 0.05) is 43.9 Å². The van der Waals surface area contributed by atoms with Crippen molar-refractivity contribution in [2.24, 2.45) is 0 Å². The Morgan fingerprint density at radius 1 is 1.21 bits per heavy atom. The molecule has 0 aliphatic carbocycles. The first-order valence-electron chi connectivity index (χ1n) is 10.5. The third-order valence-electron chi connectivity index (χ3n) is 4.92. The number of nitrogens with zero attached hydrogens (tertiary/aromatic N) is 3. The van der Waals surface area contributed by atoms with Gasteiger partial charge in [-0.1, -0.05) is 0 Å². The molecule has 1 aliphatic rings. The van der Waals surface area contributed by atoms with E-state index in [0.29, 0.717) is 30.6 Å². The molecular formula is C22H24N4O6S2. The van der Waals surface area contributed by atoms with Crippen LogP contribution in [0.1, 0.15) is 23.7 Å². The molecule has 1 amide bonds. The first-order valence-corrected chi connectivity index (χ1v) is 12.8. The Morgan fingerprint density at radius 2 is 1.94 bits per heavy atom. The zero-order valence-corrected chi connectivity index (χ0v) is 20.3. The Bertz CT molecular complexity index is 1230.